The molecule has 3 N–H and O–H groups in total. The first-order chi connectivity index (χ1) is 7.04. The Hall–Kier alpha value is -1.17. The number of amides is 1. The average Bonchev–Trinajstić information content (AvgIpc) is 2.22. The highest BCUT2D eigenvalue weighted by Gasteiger charge is 2.14. The van der Waals surface area contributed by atoms with Crippen LogP contribution in [0, 0.1) is 5.53 Å². The topological polar surface area (TPSA) is 85.5 Å². The minimum atomic E-state index is -1.74. The van der Waals surface area contributed by atoms with Crippen LogP contribution >= 0.6 is 23.2 Å². The van der Waals surface area contributed by atoms with Crippen LogP contribution in [0.1, 0.15) is 0 Å². The van der Waals surface area contributed by atoms with Gasteiger partial charge < -0.3 is 10.4 Å². The number of rotatable bonds is 3. The van der Waals surface area contributed by atoms with Crippen molar-refractivity contribution in [3.63, 3.8) is 0 Å². The number of anilines is 1. The Morgan fingerprint density at radius 2 is 2.20 bits per heavy atom. The zero-order valence-electron chi connectivity index (χ0n) is 7.37. The van der Waals surface area contributed by atoms with E-state index in [1.807, 2.05) is 0 Å². The number of hydrogen-bond acceptors (Lipinski definition) is 4. The summed E-state index contributed by atoms with van der Waals surface area (Å²) in [5.74, 6) is -0.839. The van der Waals surface area contributed by atoms with Crippen molar-refractivity contribution in [2.45, 2.75) is 6.23 Å². The Morgan fingerprint density at radius 3 is 2.80 bits per heavy atom. The van der Waals surface area contributed by atoms with Crippen molar-refractivity contribution in [3.8, 4) is 0 Å². The van der Waals surface area contributed by atoms with E-state index in [4.69, 9.17) is 33.8 Å². The van der Waals surface area contributed by atoms with E-state index in [0.717, 1.165) is 0 Å². The van der Waals surface area contributed by atoms with Gasteiger partial charge >= 0.3 is 0 Å². The van der Waals surface area contributed by atoms with Gasteiger partial charge in [-0.2, -0.15) is 5.11 Å². The van der Waals surface area contributed by atoms with Crippen molar-refractivity contribution in [2.24, 2.45) is 5.11 Å². The lowest BCUT2D eigenvalue weighted by atomic mass is 10.3. The monoisotopic (exact) mass is 247 g/mol. The maximum atomic E-state index is 11.1. The Balaban J connectivity index is 2.84. The summed E-state index contributed by atoms with van der Waals surface area (Å²) in [6.45, 7) is 0. The molecule has 1 unspecified atom stereocenters. The van der Waals surface area contributed by atoms with Gasteiger partial charge in [0.2, 0.25) is 6.23 Å². The summed E-state index contributed by atoms with van der Waals surface area (Å²) >= 11 is 11.4. The summed E-state index contributed by atoms with van der Waals surface area (Å²) in [6, 6.07) is 4.49. The van der Waals surface area contributed by atoms with E-state index in [1.54, 1.807) is 6.07 Å². The lowest BCUT2D eigenvalue weighted by Crippen LogP contribution is -2.25. The minimum Gasteiger partial charge on any atom is -0.363 e. The van der Waals surface area contributed by atoms with Crippen molar-refractivity contribution in [1.29, 1.82) is 5.53 Å². The first-order valence-corrected chi connectivity index (χ1v) is 4.60. The molecule has 0 saturated carbocycles. The van der Waals surface area contributed by atoms with Gasteiger partial charge in [0.15, 0.2) is 0 Å². The fourth-order valence-electron chi connectivity index (χ4n) is 0.849. The van der Waals surface area contributed by atoms with Crippen LogP contribution in [0.2, 0.25) is 10.0 Å². The second-order valence-electron chi connectivity index (χ2n) is 2.62. The Kier molecular flexibility index (Phi) is 4.02. The van der Waals surface area contributed by atoms with Crippen LogP contribution in [0.15, 0.2) is 23.3 Å². The third kappa shape index (κ3) is 3.16. The molecular formula is C8H7Cl2N3O2. The highest BCUT2D eigenvalue weighted by molar-refractivity contribution is 6.35. The number of carbonyl (C=O) groups is 1. The average molecular weight is 248 g/mol. The van der Waals surface area contributed by atoms with Crippen LogP contribution < -0.4 is 5.32 Å². The van der Waals surface area contributed by atoms with Crippen molar-refractivity contribution in [3.05, 3.63) is 28.2 Å². The molecule has 0 bridgehead atoms. The molecule has 7 heteroatoms. The SMILES string of the molecule is N=NC(O)C(=O)Nc1cc(Cl)ccc1Cl. The zero-order chi connectivity index (χ0) is 11.4. The molecule has 1 rings (SSSR count). The number of halogens is 2. The van der Waals surface area contributed by atoms with Crippen LogP contribution in [0.5, 0.6) is 0 Å². The normalized spacial score (nSPS) is 11.9. The van der Waals surface area contributed by atoms with Crippen LogP contribution in [0.3, 0.4) is 0 Å². The number of nitrogens with zero attached hydrogens (tertiary/aromatic N) is 1. The van der Waals surface area contributed by atoms with Gasteiger partial charge in [-0.15, -0.1) is 0 Å². The molecule has 5 nitrogen and oxygen atoms in total. The molecule has 0 spiro atoms. The first-order valence-electron chi connectivity index (χ1n) is 3.85. The maximum Gasteiger partial charge on any atom is 0.278 e. The smallest absolute Gasteiger partial charge is 0.278 e. The number of hydrogen-bond donors (Lipinski definition) is 3. The maximum absolute atomic E-state index is 11.1. The highest BCUT2D eigenvalue weighted by atomic mass is 35.5. The molecule has 0 aliphatic rings. The molecule has 1 aromatic rings. The Labute approximate surface area is 95.5 Å². The predicted molar refractivity (Wildman–Crippen MR) is 56.2 cm³/mol. The van der Waals surface area contributed by atoms with Crippen molar-refractivity contribution < 1.29 is 9.90 Å². The molecule has 0 aromatic heterocycles. The minimum absolute atomic E-state index is 0.261. The summed E-state index contributed by atoms with van der Waals surface area (Å²) in [5, 5.41) is 14.5. The lowest BCUT2D eigenvalue weighted by Gasteiger charge is -2.08. The molecule has 1 amide bonds. The molecule has 80 valence electrons. The van der Waals surface area contributed by atoms with E-state index in [1.165, 1.54) is 12.1 Å². The van der Waals surface area contributed by atoms with Crippen LogP contribution in [-0.4, -0.2) is 17.2 Å². The number of aliphatic hydroxyl groups is 1. The van der Waals surface area contributed by atoms with Gasteiger partial charge in [0.25, 0.3) is 5.91 Å². The van der Waals surface area contributed by atoms with E-state index in [9.17, 15) is 4.79 Å². The second-order valence-corrected chi connectivity index (χ2v) is 3.46. The lowest BCUT2D eigenvalue weighted by molar-refractivity contribution is -0.123. The van der Waals surface area contributed by atoms with E-state index in [2.05, 4.69) is 10.4 Å². The van der Waals surface area contributed by atoms with Gasteiger partial charge in [0.1, 0.15) is 0 Å². The van der Waals surface area contributed by atoms with Crippen molar-refractivity contribution in [2.75, 3.05) is 5.32 Å². The summed E-state index contributed by atoms with van der Waals surface area (Å²) in [5.41, 5.74) is 6.72. The number of nitrogens with one attached hydrogen (secondary N) is 2. The van der Waals surface area contributed by atoms with Crippen LogP contribution in [0.25, 0.3) is 0 Å². The van der Waals surface area contributed by atoms with E-state index < -0.39 is 12.1 Å². The molecule has 0 saturated heterocycles. The number of carbonyl (C=O) groups excluding carboxylic acids is 1. The molecule has 0 aliphatic carbocycles. The summed E-state index contributed by atoms with van der Waals surface area (Å²) in [4.78, 5) is 11.1. The van der Waals surface area contributed by atoms with Gasteiger partial charge in [-0.25, -0.2) is 5.53 Å². The Morgan fingerprint density at radius 1 is 1.53 bits per heavy atom. The quantitative estimate of drug-likeness (QED) is 0.716. The van der Waals surface area contributed by atoms with Gasteiger partial charge in [-0.1, -0.05) is 23.2 Å². The zero-order valence-corrected chi connectivity index (χ0v) is 8.88. The fourth-order valence-corrected chi connectivity index (χ4v) is 1.19. The van der Waals surface area contributed by atoms with E-state index in [-0.39, 0.29) is 10.7 Å². The molecule has 0 fully saturated rings. The predicted octanol–water partition coefficient (Wildman–Crippen LogP) is 2.28. The van der Waals surface area contributed by atoms with Gasteiger partial charge in [-0.3, -0.25) is 4.79 Å². The molecule has 1 aromatic carbocycles. The summed E-state index contributed by atoms with van der Waals surface area (Å²) < 4.78 is 0. The molecular weight excluding hydrogens is 241 g/mol. The van der Waals surface area contributed by atoms with Crippen molar-refractivity contribution in [1.82, 2.24) is 0 Å². The Bertz CT molecular complexity index is 397. The molecule has 0 heterocycles. The van der Waals surface area contributed by atoms with Gasteiger partial charge in [0, 0.05) is 5.02 Å². The van der Waals surface area contributed by atoms with Crippen LogP contribution in [0.4, 0.5) is 5.69 Å². The second kappa shape index (κ2) is 5.06. The fraction of sp³-hybridized carbons (Fsp3) is 0.125. The third-order valence-electron chi connectivity index (χ3n) is 1.54. The molecule has 1 atom stereocenters. The van der Waals surface area contributed by atoms with Gasteiger partial charge in [-0.05, 0) is 18.2 Å². The van der Waals surface area contributed by atoms with E-state index in [0.29, 0.717) is 5.02 Å². The molecule has 0 radical (unpaired) electrons. The first kappa shape index (κ1) is 11.9. The highest BCUT2D eigenvalue weighted by Crippen LogP contribution is 2.25. The van der Waals surface area contributed by atoms with Crippen LogP contribution in [-0.2, 0) is 4.79 Å². The summed E-state index contributed by atoms with van der Waals surface area (Å²) in [7, 11) is 0. The molecule has 0 aliphatic heterocycles. The van der Waals surface area contributed by atoms with Gasteiger partial charge in [0.05, 0.1) is 10.7 Å². The largest absolute Gasteiger partial charge is 0.363 e. The number of aliphatic hydroxyl groups excluding tert-OH is 1. The molecule has 15 heavy (non-hydrogen) atoms. The third-order valence-corrected chi connectivity index (χ3v) is 2.11. The summed E-state index contributed by atoms with van der Waals surface area (Å²) in [6.07, 6.45) is -1.74. The van der Waals surface area contributed by atoms with Crippen molar-refractivity contribution >= 4 is 34.8 Å². The van der Waals surface area contributed by atoms with E-state index >= 15 is 0 Å². The number of benzene rings is 1. The standard InChI is InChI=1S/C8H7Cl2N3O2/c9-4-1-2-5(10)6(3-4)12-7(14)8(15)13-11/h1-3,8,11,15H,(H,12,14).